The number of nitrogens with one attached hydrogen (secondary N) is 2. The van der Waals surface area contributed by atoms with Crippen molar-refractivity contribution in [2.75, 3.05) is 33.4 Å². The molecule has 6 nitrogen and oxygen atoms in total. The van der Waals surface area contributed by atoms with Crippen molar-refractivity contribution >= 4 is 5.96 Å². The van der Waals surface area contributed by atoms with Gasteiger partial charge < -0.3 is 20.1 Å². The van der Waals surface area contributed by atoms with Crippen LogP contribution >= 0.6 is 0 Å². The minimum atomic E-state index is 0.208. The van der Waals surface area contributed by atoms with E-state index in [-0.39, 0.29) is 18.2 Å². The van der Waals surface area contributed by atoms with Crippen LogP contribution in [0.25, 0.3) is 0 Å². The van der Waals surface area contributed by atoms with Gasteiger partial charge in [-0.2, -0.15) is 0 Å². The second kappa shape index (κ2) is 11.3. The fourth-order valence-corrected chi connectivity index (χ4v) is 3.53. The van der Waals surface area contributed by atoms with Crippen LogP contribution in [0.2, 0.25) is 0 Å². The zero-order valence-corrected chi connectivity index (χ0v) is 17.5. The number of ether oxygens (including phenoxy) is 2. The van der Waals surface area contributed by atoms with Crippen LogP contribution < -0.4 is 10.6 Å². The van der Waals surface area contributed by atoms with E-state index >= 15 is 0 Å². The monoisotopic (exact) mass is 376 g/mol. The number of aliphatic imine (C=N–C) groups is 1. The van der Waals surface area contributed by atoms with Crippen molar-refractivity contribution < 1.29 is 9.47 Å². The molecule has 1 aliphatic rings. The van der Waals surface area contributed by atoms with Gasteiger partial charge in [0.1, 0.15) is 0 Å². The summed E-state index contributed by atoms with van der Waals surface area (Å²) in [4.78, 5) is 7.26. The third kappa shape index (κ3) is 7.48. The molecule has 1 heterocycles. The third-order valence-corrected chi connectivity index (χ3v) is 4.56. The Morgan fingerprint density at radius 2 is 1.93 bits per heavy atom. The third-order valence-electron chi connectivity index (χ3n) is 4.56. The lowest BCUT2D eigenvalue weighted by Gasteiger charge is -2.35. The van der Waals surface area contributed by atoms with Gasteiger partial charge in [-0.15, -0.1) is 0 Å². The van der Waals surface area contributed by atoms with Crippen LogP contribution in [0.4, 0.5) is 0 Å². The van der Waals surface area contributed by atoms with Crippen molar-refractivity contribution in [3.8, 4) is 0 Å². The van der Waals surface area contributed by atoms with Crippen molar-refractivity contribution in [2.45, 2.75) is 59.0 Å². The van der Waals surface area contributed by atoms with E-state index in [2.05, 4.69) is 67.5 Å². The molecule has 0 amide bonds. The quantitative estimate of drug-likeness (QED) is 0.539. The molecule has 0 saturated carbocycles. The highest BCUT2D eigenvalue weighted by Gasteiger charge is 2.22. The Balaban J connectivity index is 2.04. The van der Waals surface area contributed by atoms with Crippen molar-refractivity contribution in [3.63, 3.8) is 0 Å². The summed E-state index contributed by atoms with van der Waals surface area (Å²) in [5, 5.41) is 6.70. The van der Waals surface area contributed by atoms with Gasteiger partial charge in [0.2, 0.25) is 0 Å². The standard InChI is InChI=1S/C21H36N4O2/c1-6-22-21(24-16(2)15-26-5)23-11-19-9-7-8-10-20(19)14-25-12-17(3)27-18(4)13-25/h7-10,16-18H,6,11-15H2,1-5H3,(H2,22,23,24). The van der Waals surface area contributed by atoms with Gasteiger partial charge >= 0.3 is 0 Å². The molecule has 1 aromatic rings. The number of benzene rings is 1. The average Bonchev–Trinajstić information content (AvgIpc) is 2.60. The highest BCUT2D eigenvalue weighted by atomic mass is 16.5. The van der Waals surface area contributed by atoms with Gasteiger partial charge in [-0.25, -0.2) is 4.99 Å². The SMILES string of the molecule is CCNC(=NCc1ccccc1CN1CC(C)OC(C)C1)NC(C)COC. The summed E-state index contributed by atoms with van der Waals surface area (Å²) >= 11 is 0. The maximum absolute atomic E-state index is 5.86. The molecule has 3 unspecified atom stereocenters. The van der Waals surface area contributed by atoms with E-state index < -0.39 is 0 Å². The van der Waals surface area contributed by atoms with Gasteiger partial charge in [0.25, 0.3) is 0 Å². The molecule has 1 aromatic carbocycles. The second-order valence-corrected chi connectivity index (χ2v) is 7.42. The van der Waals surface area contributed by atoms with Gasteiger partial charge in [0, 0.05) is 39.3 Å². The van der Waals surface area contributed by atoms with Crippen molar-refractivity contribution in [1.82, 2.24) is 15.5 Å². The lowest BCUT2D eigenvalue weighted by atomic mass is 10.1. The topological polar surface area (TPSA) is 58.1 Å². The van der Waals surface area contributed by atoms with Crippen LogP contribution in [-0.2, 0) is 22.6 Å². The molecular weight excluding hydrogens is 340 g/mol. The maximum atomic E-state index is 5.86. The Bertz CT molecular complexity index is 583. The summed E-state index contributed by atoms with van der Waals surface area (Å²) in [6.45, 7) is 13.5. The Hall–Kier alpha value is -1.63. The smallest absolute Gasteiger partial charge is 0.191 e. The molecule has 0 bridgehead atoms. The maximum Gasteiger partial charge on any atom is 0.191 e. The van der Waals surface area contributed by atoms with Crippen molar-refractivity contribution in [3.05, 3.63) is 35.4 Å². The number of hydrogen-bond acceptors (Lipinski definition) is 4. The highest BCUT2D eigenvalue weighted by molar-refractivity contribution is 5.80. The van der Waals surface area contributed by atoms with Gasteiger partial charge in [-0.1, -0.05) is 24.3 Å². The number of methoxy groups -OCH3 is 1. The van der Waals surface area contributed by atoms with Gasteiger partial charge in [-0.05, 0) is 38.8 Å². The van der Waals surface area contributed by atoms with E-state index in [0.29, 0.717) is 13.2 Å². The van der Waals surface area contributed by atoms with E-state index in [1.807, 2.05) is 0 Å². The van der Waals surface area contributed by atoms with E-state index in [1.54, 1.807) is 7.11 Å². The Labute approximate surface area is 164 Å². The lowest BCUT2D eigenvalue weighted by Crippen LogP contribution is -2.45. The van der Waals surface area contributed by atoms with Crippen molar-refractivity contribution in [2.24, 2.45) is 4.99 Å². The summed E-state index contributed by atoms with van der Waals surface area (Å²) in [6, 6.07) is 8.80. The van der Waals surface area contributed by atoms with E-state index in [4.69, 9.17) is 14.5 Å². The number of nitrogens with zero attached hydrogens (tertiary/aromatic N) is 2. The van der Waals surface area contributed by atoms with Crippen LogP contribution in [0.3, 0.4) is 0 Å². The predicted molar refractivity (Wildman–Crippen MR) is 111 cm³/mol. The average molecular weight is 377 g/mol. The minimum Gasteiger partial charge on any atom is -0.383 e. The molecule has 0 aromatic heterocycles. The van der Waals surface area contributed by atoms with Gasteiger partial charge in [0.15, 0.2) is 5.96 Å². The first-order valence-electron chi connectivity index (χ1n) is 10.00. The molecule has 152 valence electrons. The fraction of sp³-hybridized carbons (Fsp3) is 0.667. The normalized spacial score (nSPS) is 22.5. The molecule has 0 aliphatic carbocycles. The van der Waals surface area contributed by atoms with Crippen LogP contribution in [0, 0.1) is 0 Å². The predicted octanol–water partition coefficient (Wildman–Crippen LogP) is 2.39. The summed E-state index contributed by atoms with van der Waals surface area (Å²) in [7, 11) is 1.71. The molecule has 27 heavy (non-hydrogen) atoms. The van der Waals surface area contributed by atoms with Crippen LogP contribution in [-0.4, -0.2) is 62.5 Å². The first-order valence-corrected chi connectivity index (χ1v) is 10.00. The number of morpholine rings is 1. The lowest BCUT2D eigenvalue weighted by molar-refractivity contribution is -0.0705. The fourth-order valence-electron chi connectivity index (χ4n) is 3.53. The molecule has 1 saturated heterocycles. The Morgan fingerprint density at radius 3 is 2.56 bits per heavy atom. The summed E-state index contributed by atoms with van der Waals surface area (Å²) in [5.74, 6) is 0.825. The van der Waals surface area contributed by atoms with Gasteiger partial charge in [0.05, 0.1) is 25.4 Å². The summed E-state index contributed by atoms with van der Waals surface area (Å²) in [5.41, 5.74) is 2.60. The van der Waals surface area contributed by atoms with E-state index in [1.165, 1.54) is 11.1 Å². The largest absolute Gasteiger partial charge is 0.383 e. The molecule has 6 heteroatoms. The highest BCUT2D eigenvalue weighted by Crippen LogP contribution is 2.17. The zero-order valence-electron chi connectivity index (χ0n) is 17.5. The molecule has 3 atom stereocenters. The molecule has 1 aliphatic heterocycles. The minimum absolute atomic E-state index is 0.208. The number of hydrogen-bond donors (Lipinski definition) is 2. The first-order chi connectivity index (χ1) is 13.0. The molecule has 2 N–H and O–H groups in total. The Morgan fingerprint density at radius 1 is 1.26 bits per heavy atom. The first kappa shape index (κ1) is 21.7. The second-order valence-electron chi connectivity index (χ2n) is 7.42. The molecular formula is C21H36N4O2. The number of guanidine groups is 1. The molecule has 0 radical (unpaired) electrons. The van der Waals surface area contributed by atoms with Gasteiger partial charge in [-0.3, -0.25) is 4.90 Å². The number of rotatable bonds is 8. The van der Waals surface area contributed by atoms with Crippen molar-refractivity contribution in [1.29, 1.82) is 0 Å². The van der Waals surface area contributed by atoms with E-state index in [9.17, 15) is 0 Å². The Kier molecular flexibility index (Phi) is 9.04. The zero-order chi connectivity index (χ0) is 19.6. The summed E-state index contributed by atoms with van der Waals surface area (Å²) in [6.07, 6.45) is 0.566. The molecule has 2 rings (SSSR count). The van der Waals surface area contributed by atoms with Crippen LogP contribution in [0.15, 0.2) is 29.3 Å². The van der Waals surface area contributed by atoms with E-state index in [0.717, 1.165) is 32.1 Å². The van der Waals surface area contributed by atoms with Crippen LogP contribution in [0.1, 0.15) is 38.8 Å². The molecule has 0 spiro atoms. The summed E-state index contributed by atoms with van der Waals surface area (Å²) < 4.78 is 11.1. The van der Waals surface area contributed by atoms with Crippen LogP contribution in [0.5, 0.6) is 0 Å². The molecule has 1 fully saturated rings.